The third-order valence-corrected chi connectivity index (χ3v) is 7.26. The predicted octanol–water partition coefficient (Wildman–Crippen LogP) is 7.28. The number of alkyl carbamates (subject to hydrolysis) is 1. The van der Waals surface area contributed by atoms with Crippen LogP contribution in [0.4, 0.5) is 48.7 Å². The van der Waals surface area contributed by atoms with Crippen LogP contribution in [0, 0.1) is 58.2 Å². The maximum atomic E-state index is 14.1. The number of hydrogen-bond donors (Lipinski definition) is 1. The maximum Gasteiger partial charge on any atom is 0.407 e. The summed E-state index contributed by atoms with van der Waals surface area (Å²) in [4.78, 5) is 37.9. The van der Waals surface area contributed by atoms with Gasteiger partial charge in [0.25, 0.3) is 0 Å². The van der Waals surface area contributed by atoms with Crippen LogP contribution in [-0.4, -0.2) is 30.7 Å². The number of rotatable bonds is 9. The van der Waals surface area contributed by atoms with Gasteiger partial charge in [-0.05, 0) is 22.3 Å². The van der Waals surface area contributed by atoms with Gasteiger partial charge in [-0.2, -0.15) is 17.6 Å². The Morgan fingerprint density at radius 2 is 0.898 bits per heavy atom. The van der Waals surface area contributed by atoms with Gasteiger partial charge in [0.1, 0.15) is 6.61 Å². The minimum absolute atomic E-state index is 0.337. The highest BCUT2D eigenvalue weighted by atomic mass is 19.2. The fraction of sp³-hybridized carbons (Fsp3) is 0.156. The Kier molecular flexibility index (Phi) is 9.82. The molecule has 0 saturated heterocycles. The molecular formula is C32H17F10NO6. The van der Waals surface area contributed by atoms with Crippen molar-refractivity contribution in [1.82, 2.24) is 5.32 Å². The smallest absolute Gasteiger partial charge is 0.407 e. The summed E-state index contributed by atoms with van der Waals surface area (Å²) in [6, 6.07) is 12.3. The summed E-state index contributed by atoms with van der Waals surface area (Å²) in [5, 5.41) is 1.99. The van der Waals surface area contributed by atoms with E-state index < -0.39 is 113 Å². The molecule has 5 rings (SSSR count). The number of halogens is 10. The Morgan fingerprint density at radius 1 is 0.551 bits per heavy atom. The van der Waals surface area contributed by atoms with Gasteiger partial charge in [0.05, 0.1) is 18.9 Å². The summed E-state index contributed by atoms with van der Waals surface area (Å²) in [5.41, 5.74) is 3.23. The summed E-state index contributed by atoms with van der Waals surface area (Å²) in [6.45, 7) is -0.337. The minimum atomic E-state index is -2.57. The van der Waals surface area contributed by atoms with Crippen molar-refractivity contribution in [2.45, 2.75) is 24.8 Å². The lowest BCUT2D eigenvalue weighted by molar-refractivity contribution is -0.137. The summed E-state index contributed by atoms with van der Waals surface area (Å²) in [7, 11) is 0. The SMILES string of the molecule is O=C(CC(CC(=O)Oc1c(F)c(F)c(F)c(F)c1F)NC(=O)OCC1c2ccccc2-c2ccccc21)Oc1c(F)c(F)c(F)c(F)c1F. The van der Waals surface area contributed by atoms with Crippen LogP contribution >= 0.6 is 0 Å². The Morgan fingerprint density at radius 3 is 1.29 bits per heavy atom. The van der Waals surface area contributed by atoms with Crippen LogP contribution in [-0.2, 0) is 14.3 Å². The number of hydrogen-bond acceptors (Lipinski definition) is 6. The average molecular weight is 701 g/mol. The van der Waals surface area contributed by atoms with Gasteiger partial charge < -0.3 is 19.5 Å². The second kappa shape index (κ2) is 13.9. The zero-order valence-electron chi connectivity index (χ0n) is 24.1. The Balaban J connectivity index is 1.35. The van der Waals surface area contributed by atoms with Crippen LogP contribution in [0.2, 0.25) is 0 Å². The molecule has 0 atom stereocenters. The number of fused-ring (bicyclic) bond motifs is 3. The molecule has 0 bridgehead atoms. The molecule has 0 fully saturated rings. The molecule has 0 spiro atoms. The van der Waals surface area contributed by atoms with Gasteiger partial charge in [-0.3, -0.25) is 9.59 Å². The number of esters is 2. The third kappa shape index (κ3) is 6.73. The van der Waals surface area contributed by atoms with E-state index in [9.17, 15) is 58.3 Å². The predicted molar refractivity (Wildman–Crippen MR) is 145 cm³/mol. The summed E-state index contributed by atoms with van der Waals surface area (Å²) in [5.74, 6) is -33.4. The molecule has 1 amide bonds. The lowest BCUT2D eigenvalue weighted by Crippen LogP contribution is -2.40. The normalized spacial score (nSPS) is 12.1. The van der Waals surface area contributed by atoms with Crippen molar-refractivity contribution in [2.75, 3.05) is 6.61 Å². The van der Waals surface area contributed by atoms with E-state index in [1.165, 1.54) is 0 Å². The number of carbonyl (C=O) groups is 3. The van der Waals surface area contributed by atoms with Crippen molar-refractivity contribution >= 4 is 18.0 Å². The first kappa shape index (κ1) is 34.7. The minimum Gasteiger partial charge on any atom is -0.449 e. The molecule has 256 valence electrons. The van der Waals surface area contributed by atoms with E-state index in [-0.39, 0.29) is 6.61 Å². The number of ether oxygens (including phenoxy) is 3. The molecule has 7 nitrogen and oxygen atoms in total. The molecule has 4 aromatic carbocycles. The highest BCUT2D eigenvalue weighted by Gasteiger charge is 2.33. The molecule has 1 aliphatic carbocycles. The molecule has 0 saturated carbocycles. The van der Waals surface area contributed by atoms with Gasteiger partial charge in [-0.1, -0.05) is 48.5 Å². The van der Waals surface area contributed by atoms with E-state index in [0.717, 1.165) is 22.3 Å². The van der Waals surface area contributed by atoms with Crippen LogP contribution in [0.25, 0.3) is 11.1 Å². The van der Waals surface area contributed by atoms with Crippen molar-refractivity contribution in [3.63, 3.8) is 0 Å². The van der Waals surface area contributed by atoms with E-state index in [2.05, 4.69) is 9.47 Å². The van der Waals surface area contributed by atoms with Crippen LogP contribution < -0.4 is 14.8 Å². The Labute approximate surface area is 268 Å². The number of nitrogens with one attached hydrogen (secondary N) is 1. The second-order valence-corrected chi connectivity index (χ2v) is 10.3. The molecular weight excluding hydrogens is 684 g/mol. The third-order valence-electron chi connectivity index (χ3n) is 7.26. The molecule has 1 aliphatic rings. The van der Waals surface area contributed by atoms with E-state index in [0.29, 0.717) is 0 Å². The molecule has 4 aromatic rings. The van der Waals surface area contributed by atoms with Crippen LogP contribution in [0.1, 0.15) is 29.9 Å². The molecule has 0 unspecified atom stereocenters. The van der Waals surface area contributed by atoms with Gasteiger partial charge in [0.15, 0.2) is 0 Å². The van der Waals surface area contributed by atoms with Crippen molar-refractivity contribution in [3.05, 3.63) is 118 Å². The summed E-state index contributed by atoms with van der Waals surface area (Å²) < 4.78 is 151. The van der Waals surface area contributed by atoms with Gasteiger partial charge >= 0.3 is 18.0 Å². The first-order chi connectivity index (χ1) is 23.2. The van der Waals surface area contributed by atoms with Gasteiger partial charge in [-0.15, -0.1) is 0 Å². The van der Waals surface area contributed by atoms with E-state index in [1.807, 2.05) is 17.4 Å². The molecule has 1 N–H and O–H groups in total. The van der Waals surface area contributed by atoms with Crippen LogP contribution in [0.15, 0.2) is 48.5 Å². The average Bonchev–Trinajstić information content (AvgIpc) is 3.41. The first-order valence-electron chi connectivity index (χ1n) is 13.8. The fourth-order valence-corrected chi connectivity index (χ4v) is 5.04. The second-order valence-electron chi connectivity index (χ2n) is 10.3. The van der Waals surface area contributed by atoms with Crippen molar-refractivity contribution in [1.29, 1.82) is 0 Å². The number of benzene rings is 4. The summed E-state index contributed by atoms with van der Waals surface area (Å²) >= 11 is 0. The van der Waals surface area contributed by atoms with Gasteiger partial charge in [-0.25, -0.2) is 31.1 Å². The highest BCUT2D eigenvalue weighted by Crippen LogP contribution is 2.44. The first-order valence-corrected chi connectivity index (χ1v) is 13.8. The van der Waals surface area contributed by atoms with Crippen LogP contribution in [0.3, 0.4) is 0 Å². The topological polar surface area (TPSA) is 90.9 Å². The van der Waals surface area contributed by atoms with E-state index >= 15 is 0 Å². The standard InChI is InChI=1S/C32H17F10NO6/c33-20-22(35)26(39)30(27(40)23(20)36)48-18(44)9-12(10-19(45)49-31-28(41)24(37)21(34)25(38)29(31)42)43-32(46)47-11-17-15-7-3-1-5-13(15)14-6-2-4-8-16(14)17/h1-8,12,17H,9-11H2,(H,43,46). The van der Waals surface area contributed by atoms with Crippen LogP contribution in [0.5, 0.6) is 11.5 Å². The molecule has 0 heterocycles. The monoisotopic (exact) mass is 701 g/mol. The van der Waals surface area contributed by atoms with E-state index in [4.69, 9.17) is 4.74 Å². The largest absolute Gasteiger partial charge is 0.449 e. The lowest BCUT2D eigenvalue weighted by Gasteiger charge is -2.19. The fourth-order valence-electron chi connectivity index (χ4n) is 5.04. The van der Waals surface area contributed by atoms with Crippen molar-refractivity contribution in [3.8, 4) is 22.6 Å². The molecule has 0 radical (unpaired) electrons. The van der Waals surface area contributed by atoms with Gasteiger partial charge in [0, 0.05) is 5.92 Å². The molecule has 17 heteroatoms. The molecule has 49 heavy (non-hydrogen) atoms. The van der Waals surface area contributed by atoms with Crippen molar-refractivity contribution < 1.29 is 72.5 Å². The zero-order chi connectivity index (χ0) is 35.7. The molecule has 0 aromatic heterocycles. The zero-order valence-corrected chi connectivity index (χ0v) is 24.1. The van der Waals surface area contributed by atoms with Gasteiger partial charge in [0.2, 0.25) is 69.7 Å². The quantitative estimate of drug-likeness (QED) is 0.0649. The maximum absolute atomic E-state index is 14.1. The summed E-state index contributed by atoms with van der Waals surface area (Å²) in [6.07, 6.45) is -4.01. The van der Waals surface area contributed by atoms with E-state index in [1.54, 1.807) is 36.4 Å². The van der Waals surface area contributed by atoms with Crippen molar-refractivity contribution in [2.24, 2.45) is 0 Å². The lowest BCUT2D eigenvalue weighted by atomic mass is 9.98. The highest BCUT2D eigenvalue weighted by molar-refractivity contribution is 5.80. The Bertz CT molecular complexity index is 1820. The number of amides is 1. The molecule has 0 aliphatic heterocycles. The number of carbonyl (C=O) groups excluding carboxylic acids is 3. The Hall–Kier alpha value is -5.61.